The predicted octanol–water partition coefficient (Wildman–Crippen LogP) is 3.55. The van der Waals surface area contributed by atoms with E-state index in [9.17, 15) is 4.79 Å². The smallest absolute Gasteiger partial charge is 0.258 e. The quantitative estimate of drug-likeness (QED) is 0.449. The fourth-order valence-electron chi connectivity index (χ4n) is 3.03. The Kier molecular flexibility index (Phi) is 3.54. The summed E-state index contributed by atoms with van der Waals surface area (Å²) in [5.41, 5.74) is 3.32. The molecule has 0 unspecified atom stereocenters. The van der Waals surface area contributed by atoms with Crippen LogP contribution < -0.4 is 5.56 Å². The van der Waals surface area contributed by atoms with Crippen LogP contribution in [0.2, 0.25) is 0 Å². The summed E-state index contributed by atoms with van der Waals surface area (Å²) in [5.74, 6) is 0.560. The molecular formula is C18H13N5OS2. The first kappa shape index (κ1) is 15.5. The number of aryl methyl sites for hydroxylation is 1. The fourth-order valence-corrected chi connectivity index (χ4v) is 4.89. The number of thiazole rings is 1. The molecule has 6 nitrogen and oxygen atoms in total. The van der Waals surface area contributed by atoms with Crippen LogP contribution in [0.3, 0.4) is 0 Å². The van der Waals surface area contributed by atoms with Gasteiger partial charge in [0.2, 0.25) is 4.96 Å². The molecule has 0 atom stereocenters. The molecule has 0 saturated heterocycles. The molecule has 0 aliphatic carbocycles. The molecule has 8 heteroatoms. The molecule has 0 radical (unpaired) electrons. The van der Waals surface area contributed by atoms with Crippen LogP contribution >= 0.6 is 23.1 Å². The molecule has 0 bridgehead atoms. The second-order valence-corrected chi connectivity index (χ2v) is 7.86. The van der Waals surface area contributed by atoms with Gasteiger partial charge in [0.1, 0.15) is 5.65 Å². The lowest BCUT2D eigenvalue weighted by Gasteiger charge is -2.06. The summed E-state index contributed by atoms with van der Waals surface area (Å²) in [6, 6.07) is 15.4. The number of thioether (sulfide) groups is 1. The Labute approximate surface area is 156 Å². The van der Waals surface area contributed by atoms with Gasteiger partial charge in [-0.3, -0.25) is 13.6 Å². The SMILES string of the molecule is Cc1cccc2nc(CSc3nnc4sc5ccccc5n34)cc(=O)n12. The highest BCUT2D eigenvalue weighted by Gasteiger charge is 2.13. The average molecular weight is 379 g/mol. The number of para-hydroxylation sites is 1. The molecule has 128 valence electrons. The Hall–Kier alpha value is -2.71. The van der Waals surface area contributed by atoms with E-state index in [1.165, 1.54) is 16.5 Å². The summed E-state index contributed by atoms with van der Waals surface area (Å²) in [7, 11) is 0. The third-order valence-electron chi connectivity index (χ3n) is 4.19. The number of aromatic nitrogens is 5. The Balaban J connectivity index is 1.53. The van der Waals surface area contributed by atoms with E-state index in [1.54, 1.807) is 21.8 Å². The molecule has 4 aromatic heterocycles. The molecule has 0 N–H and O–H groups in total. The van der Waals surface area contributed by atoms with Gasteiger partial charge in [0, 0.05) is 17.5 Å². The molecule has 5 aromatic rings. The van der Waals surface area contributed by atoms with Crippen LogP contribution in [0, 0.1) is 6.92 Å². The van der Waals surface area contributed by atoms with E-state index in [-0.39, 0.29) is 5.56 Å². The highest BCUT2D eigenvalue weighted by Crippen LogP contribution is 2.30. The van der Waals surface area contributed by atoms with Crippen LogP contribution in [0.15, 0.2) is 58.5 Å². The van der Waals surface area contributed by atoms with Crippen molar-refractivity contribution >= 4 is 43.9 Å². The van der Waals surface area contributed by atoms with Crippen molar-refractivity contribution in [3.63, 3.8) is 0 Å². The first-order chi connectivity index (χ1) is 12.7. The van der Waals surface area contributed by atoms with E-state index in [4.69, 9.17) is 0 Å². The topological polar surface area (TPSA) is 64.6 Å². The zero-order chi connectivity index (χ0) is 17.7. The van der Waals surface area contributed by atoms with E-state index in [1.807, 2.05) is 37.3 Å². The number of nitrogens with zero attached hydrogens (tertiary/aromatic N) is 5. The zero-order valence-corrected chi connectivity index (χ0v) is 15.4. The van der Waals surface area contributed by atoms with Crippen molar-refractivity contribution in [1.82, 2.24) is 24.0 Å². The van der Waals surface area contributed by atoms with Crippen molar-refractivity contribution in [2.75, 3.05) is 0 Å². The number of rotatable bonds is 3. The van der Waals surface area contributed by atoms with Crippen LogP contribution in [0.5, 0.6) is 0 Å². The number of benzene rings is 1. The standard InChI is InChI=1S/C18H13N5OS2/c1-11-5-4-8-15-19-12(9-16(24)22(11)15)10-25-17-20-21-18-23(17)13-6-2-3-7-14(13)26-18/h2-9H,10H2,1H3. The fraction of sp³-hybridized carbons (Fsp3) is 0.111. The third kappa shape index (κ3) is 2.41. The van der Waals surface area contributed by atoms with Crippen LogP contribution in [-0.4, -0.2) is 24.0 Å². The monoisotopic (exact) mass is 379 g/mol. The lowest BCUT2D eigenvalue weighted by Crippen LogP contribution is -2.17. The van der Waals surface area contributed by atoms with E-state index in [0.717, 1.165) is 27.0 Å². The van der Waals surface area contributed by atoms with Crippen molar-refractivity contribution in [2.24, 2.45) is 0 Å². The number of fused-ring (bicyclic) bond motifs is 4. The lowest BCUT2D eigenvalue weighted by atomic mass is 10.3. The van der Waals surface area contributed by atoms with Gasteiger partial charge in [-0.2, -0.15) is 0 Å². The number of hydrogen-bond acceptors (Lipinski definition) is 6. The van der Waals surface area contributed by atoms with Gasteiger partial charge in [-0.1, -0.05) is 41.3 Å². The molecule has 0 aliphatic rings. The first-order valence-corrected chi connectivity index (χ1v) is 9.85. The van der Waals surface area contributed by atoms with Crippen LogP contribution in [0.1, 0.15) is 11.4 Å². The van der Waals surface area contributed by atoms with Gasteiger partial charge in [0.15, 0.2) is 5.16 Å². The second kappa shape index (κ2) is 5.93. The molecule has 26 heavy (non-hydrogen) atoms. The van der Waals surface area contributed by atoms with E-state index in [2.05, 4.69) is 31.7 Å². The number of hydrogen-bond donors (Lipinski definition) is 0. The minimum absolute atomic E-state index is 0.0592. The normalized spacial score (nSPS) is 11.7. The number of pyridine rings is 1. The summed E-state index contributed by atoms with van der Waals surface area (Å²) < 4.78 is 4.86. The maximum absolute atomic E-state index is 12.4. The highest BCUT2D eigenvalue weighted by atomic mass is 32.2. The predicted molar refractivity (Wildman–Crippen MR) is 104 cm³/mol. The molecule has 0 saturated carbocycles. The van der Waals surface area contributed by atoms with Crippen molar-refractivity contribution < 1.29 is 0 Å². The second-order valence-electron chi connectivity index (χ2n) is 5.91. The van der Waals surface area contributed by atoms with Gasteiger partial charge in [-0.15, -0.1) is 10.2 Å². The van der Waals surface area contributed by atoms with E-state index in [0.29, 0.717) is 11.4 Å². The zero-order valence-electron chi connectivity index (χ0n) is 13.8. The molecule has 1 aromatic carbocycles. The van der Waals surface area contributed by atoms with Crippen LogP contribution in [0.25, 0.3) is 20.8 Å². The lowest BCUT2D eigenvalue weighted by molar-refractivity contribution is 0.935. The van der Waals surface area contributed by atoms with Crippen molar-refractivity contribution in [3.05, 3.63) is 70.3 Å². The Morgan fingerprint density at radius 1 is 1.08 bits per heavy atom. The Morgan fingerprint density at radius 2 is 1.96 bits per heavy atom. The minimum atomic E-state index is -0.0592. The third-order valence-corrected chi connectivity index (χ3v) is 6.17. The summed E-state index contributed by atoms with van der Waals surface area (Å²) in [5, 5.41) is 9.38. The summed E-state index contributed by atoms with van der Waals surface area (Å²) in [6.07, 6.45) is 0. The maximum atomic E-state index is 12.4. The largest absolute Gasteiger partial charge is 0.269 e. The minimum Gasteiger partial charge on any atom is -0.269 e. The summed E-state index contributed by atoms with van der Waals surface area (Å²) >= 11 is 3.15. The van der Waals surface area contributed by atoms with Crippen molar-refractivity contribution in [2.45, 2.75) is 17.8 Å². The molecule has 0 fully saturated rings. The van der Waals surface area contributed by atoms with Gasteiger partial charge < -0.3 is 0 Å². The van der Waals surface area contributed by atoms with Crippen molar-refractivity contribution in [3.8, 4) is 0 Å². The molecule has 0 aliphatic heterocycles. The Bertz CT molecular complexity index is 1330. The molecule has 0 amide bonds. The van der Waals surface area contributed by atoms with Gasteiger partial charge in [0.25, 0.3) is 5.56 Å². The van der Waals surface area contributed by atoms with Gasteiger partial charge in [0.05, 0.1) is 15.9 Å². The van der Waals surface area contributed by atoms with Crippen molar-refractivity contribution in [1.29, 1.82) is 0 Å². The molecule has 4 heterocycles. The first-order valence-electron chi connectivity index (χ1n) is 8.04. The highest BCUT2D eigenvalue weighted by molar-refractivity contribution is 7.98. The van der Waals surface area contributed by atoms with Crippen LogP contribution in [-0.2, 0) is 5.75 Å². The summed E-state index contributed by atoms with van der Waals surface area (Å²) in [6.45, 7) is 1.90. The molecule has 5 rings (SSSR count). The maximum Gasteiger partial charge on any atom is 0.258 e. The van der Waals surface area contributed by atoms with Gasteiger partial charge >= 0.3 is 0 Å². The molecule has 0 spiro atoms. The Morgan fingerprint density at radius 3 is 2.88 bits per heavy atom. The van der Waals surface area contributed by atoms with Gasteiger partial charge in [-0.05, 0) is 31.2 Å². The van der Waals surface area contributed by atoms with E-state index >= 15 is 0 Å². The van der Waals surface area contributed by atoms with Gasteiger partial charge in [-0.25, -0.2) is 4.98 Å². The summed E-state index contributed by atoms with van der Waals surface area (Å²) in [4.78, 5) is 17.9. The van der Waals surface area contributed by atoms with E-state index < -0.39 is 0 Å². The average Bonchev–Trinajstić information content (AvgIpc) is 3.19. The van der Waals surface area contributed by atoms with Crippen LogP contribution in [0.4, 0.5) is 0 Å². The molecular weight excluding hydrogens is 366 g/mol.